The molecule has 31 heavy (non-hydrogen) atoms. The molecule has 0 spiro atoms. The highest BCUT2D eigenvalue weighted by atomic mass is 16.5. The minimum absolute atomic E-state index is 0.231. The fourth-order valence-electron chi connectivity index (χ4n) is 3.76. The van der Waals surface area contributed by atoms with Crippen LogP contribution in [0.5, 0.6) is 0 Å². The van der Waals surface area contributed by atoms with Crippen molar-refractivity contribution in [2.75, 3.05) is 32.8 Å². The van der Waals surface area contributed by atoms with Gasteiger partial charge in [0, 0.05) is 18.0 Å². The molecule has 3 rings (SSSR count). The molecule has 1 aliphatic heterocycles. The van der Waals surface area contributed by atoms with Gasteiger partial charge < -0.3 is 19.7 Å². The molecule has 1 heterocycles. The largest absolute Gasteiger partial charge is 0.449 e. The van der Waals surface area contributed by atoms with Crippen molar-refractivity contribution in [3.63, 3.8) is 0 Å². The number of amides is 1. The van der Waals surface area contributed by atoms with E-state index in [0.717, 1.165) is 39.3 Å². The second-order valence-corrected chi connectivity index (χ2v) is 8.04. The number of rotatable bonds is 9. The van der Waals surface area contributed by atoms with E-state index < -0.39 is 12.1 Å². The van der Waals surface area contributed by atoms with Crippen LogP contribution < -0.4 is 10.2 Å². The Kier molecular flexibility index (Phi) is 8.62. The molecule has 6 heteroatoms. The number of ether oxygens (including phenoxy) is 2. The predicted molar refractivity (Wildman–Crippen MR) is 119 cm³/mol. The SMILES string of the molecule is CC[C@H](CNC(=O)[C@@H](C)OC(=O)c1ccc(C[NH+]2CCOCC2)cc1)c1ccccc1. The van der Waals surface area contributed by atoms with Gasteiger partial charge in [0.05, 0.1) is 18.8 Å². The van der Waals surface area contributed by atoms with E-state index in [0.29, 0.717) is 12.1 Å². The molecule has 2 N–H and O–H groups in total. The number of hydrogen-bond acceptors (Lipinski definition) is 4. The highest BCUT2D eigenvalue weighted by Crippen LogP contribution is 2.18. The quantitative estimate of drug-likeness (QED) is 0.603. The number of hydrogen-bond donors (Lipinski definition) is 2. The first kappa shape index (κ1) is 23.0. The topological polar surface area (TPSA) is 69.1 Å². The van der Waals surface area contributed by atoms with E-state index in [1.54, 1.807) is 19.1 Å². The maximum absolute atomic E-state index is 12.5. The Morgan fingerprint density at radius 1 is 1.06 bits per heavy atom. The molecular formula is C25H33N2O4+. The lowest BCUT2D eigenvalue weighted by Crippen LogP contribution is -3.12. The second-order valence-electron chi connectivity index (χ2n) is 8.04. The van der Waals surface area contributed by atoms with Crippen LogP contribution in [0.1, 0.15) is 47.7 Å². The van der Waals surface area contributed by atoms with E-state index in [2.05, 4.69) is 24.4 Å². The Morgan fingerprint density at radius 3 is 2.39 bits per heavy atom. The zero-order valence-corrected chi connectivity index (χ0v) is 18.4. The van der Waals surface area contributed by atoms with Gasteiger partial charge in [-0.1, -0.05) is 49.4 Å². The van der Waals surface area contributed by atoms with E-state index in [-0.39, 0.29) is 11.8 Å². The fraction of sp³-hybridized carbons (Fsp3) is 0.440. The van der Waals surface area contributed by atoms with Crippen LogP contribution in [-0.4, -0.2) is 50.8 Å². The predicted octanol–water partition coefficient (Wildman–Crippen LogP) is 1.96. The van der Waals surface area contributed by atoms with Crippen molar-refractivity contribution in [2.24, 2.45) is 0 Å². The van der Waals surface area contributed by atoms with Gasteiger partial charge in [-0.15, -0.1) is 0 Å². The minimum Gasteiger partial charge on any atom is -0.449 e. The third-order valence-corrected chi connectivity index (χ3v) is 5.78. The normalized spacial score (nSPS) is 16.3. The van der Waals surface area contributed by atoms with Crippen molar-refractivity contribution in [1.82, 2.24) is 5.32 Å². The molecule has 0 aromatic heterocycles. The maximum atomic E-state index is 12.5. The van der Waals surface area contributed by atoms with Gasteiger partial charge in [-0.05, 0) is 31.0 Å². The number of quaternary nitrogens is 1. The van der Waals surface area contributed by atoms with E-state index in [1.165, 1.54) is 16.0 Å². The molecule has 166 valence electrons. The summed E-state index contributed by atoms with van der Waals surface area (Å²) in [6.07, 6.45) is 0.0648. The Bertz CT molecular complexity index is 832. The van der Waals surface area contributed by atoms with Crippen molar-refractivity contribution < 1.29 is 24.0 Å². The molecule has 0 saturated carbocycles. The van der Waals surface area contributed by atoms with Gasteiger partial charge in [-0.2, -0.15) is 0 Å². The summed E-state index contributed by atoms with van der Waals surface area (Å²) in [5.41, 5.74) is 2.82. The maximum Gasteiger partial charge on any atom is 0.338 e. The van der Waals surface area contributed by atoms with Crippen molar-refractivity contribution in [3.05, 3.63) is 71.3 Å². The van der Waals surface area contributed by atoms with E-state index >= 15 is 0 Å². The highest BCUT2D eigenvalue weighted by Gasteiger charge is 2.20. The van der Waals surface area contributed by atoms with Crippen LogP contribution in [0.4, 0.5) is 0 Å². The fourth-order valence-corrected chi connectivity index (χ4v) is 3.76. The third-order valence-electron chi connectivity index (χ3n) is 5.78. The Labute approximate surface area is 184 Å². The Hall–Kier alpha value is -2.70. The molecule has 0 bridgehead atoms. The number of esters is 1. The molecule has 2 atom stereocenters. The summed E-state index contributed by atoms with van der Waals surface area (Å²) in [7, 11) is 0. The first-order valence-electron chi connectivity index (χ1n) is 11.1. The summed E-state index contributed by atoms with van der Waals surface area (Å²) in [4.78, 5) is 26.4. The van der Waals surface area contributed by atoms with Crippen LogP contribution in [0.15, 0.2) is 54.6 Å². The van der Waals surface area contributed by atoms with Gasteiger partial charge in [0.1, 0.15) is 19.6 Å². The van der Waals surface area contributed by atoms with Gasteiger partial charge in [-0.3, -0.25) is 4.79 Å². The van der Waals surface area contributed by atoms with Crippen LogP contribution in [0.3, 0.4) is 0 Å². The van der Waals surface area contributed by atoms with Crippen molar-refractivity contribution in [1.29, 1.82) is 0 Å². The lowest BCUT2D eigenvalue weighted by Gasteiger charge is -2.23. The smallest absolute Gasteiger partial charge is 0.338 e. The Balaban J connectivity index is 1.47. The van der Waals surface area contributed by atoms with E-state index in [1.807, 2.05) is 30.3 Å². The van der Waals surface area contributed by atoms with Crippen molar-refractivity contribution in [2.45, 2.75) is 38.8 Å². The number of carbonyl (C=O) groups is 2. The summed E-state index contributed by atoms with van der Waals surface area (Å²) in [6.45, 7) is 8.72. The van der Waals surface area contributed by atoms with Crippen LogP contribution in [0.25, 0.3) is 0 Å². The minimum atomic E-state index is -0.849. The molecule has 0 aliphatic carbocycles. The van der Waals surface area contributed by atoms with Crippen molar-refractivity contribution >= 4 is 11.9 Å². The van der Waals surface area contributed by atoms with Crippen LogP contribution >= 0.6 is 0 Å². The summed E-state index contributed by atoms with van der Waals surface area (Å²) >= 11 is 0. The number of morpholine rings is 1. The number of carbonyl (C=O) groups excluding carboxylic acids is 2. The summed E-state index contributed by atoms with van der Waals surface area (Å²) in [6, 6.07) is 17.5. The standard InChI is InChI=1S/C25H32N2O4/c1-3-21(22-7-5-4-6-8-22)17-26-24(28)19(2)31-25(29)23-11-9-20(10-12-23)18-27-13-15-30-16-14-27/h4-12,19,21H,3,13-18H2,1-2H3,(H,26,28)/p+1/t19-,21-/m1/s1. The zero-order chi connectivity index (χ0) is 22.1. The molecule has 2 aromatic rings. The first-order valence-corrected chi connectivity index (χ1v) is 11.1. The monoisotopic (exact) mass is 425 g/mol. The molecule has 1 amide bonds. The van der Waals surface area contributed by atoms with Gasteiger partial charge in [0.2, 0.25) is 0 Å². The lowest BCUT2D eigenvalue weighted by atomic mass is 9.96. The molecule has 6 nitrogen and oxygen atoms in total. The molecule has 1 fully saturated rings. The zero-order valence-electron chi connectivity index (χ0n) is 18.4. The molecule has 1 saturated heterocycles. The van der Waals surface area contributed by atoms with Gasteiger partial charge >= 0.3 is 5.97 Å². The third kappa shape index (κ3) is 6.91. The lowest BCUT2D eigenvalue weighted by molar-refractivity contribution is -0.921. The molecule has 0 unspecified atom stereocenters. The molecule has 2 aromatic carbocycles. The second kappa shape index (κ2) is 11.6. The summed E-state index contributed by atoms with van der Waals surface area (Å²) in [5, 5.41) is 2.91. The van der Waals surface area contributed by atoms with Gasteiger partial charge in [0.25, 0.3) is 5.91 Å². The Morgan fingerprint density at radius 2 is 1.74 bits per heavy atom. The highest BCUT2D eigenvalue weighted by molar-refractivity contribution is 5.92. The average molecular weight is 426 g/mol. The summed E-state index contributed by atoms with van der Waals surface area (Å²) in [5.74, 6) is -0.535. The van der Waals surface area contributed by atoms with Crippen LogP contribution in [0, 0.1) is 0 Å². The average Bonchev–Trinajstić information content (AvgIpc) is 2.81. The van der Waals surface area contributed by atoms with E-state index in [4.69, 9.17) is 9.47 Å². The molecule has 1 aliphatic rings. The molecule has 0 radical (unpaired) electrons. The first-order chi connectivity index (χ1) is 15.1. The van der Waals surface area contributed by atoms with Crippen LogP contribution in [-0.2, 0) is 20.8 Å². The van der Waals surface area contributed by atoms with E-state index in [9.17, 15) is 9.59 Å². The van der Waals surface area contributed by atoms with Crippen LogP contribution in [0.2, 0.25) is 0 Å². The summed E-state index contributed by atoms with van der Waals surface area (Å²) < 4.78 is 10.8. The number of benzene rings is 2. The number of nitrogens with one attached hydrogen (secondary N) is 2. The van der Waals surface area contributed by atoms with Gasteiger partial charge in [0.15, 0.2) is 6.10 Å². The van der Waals surface area contributed by atoms with Gasteiger partial charge in [-0.25, -0.2) is 4.79 Å². The molecular weight excluding hydrogens is 392 g/mol. The van der Waals surface area contributed by atoms with Crippen molar-refractivity contribution in [3.8, 4) is 0 Å².